The van der Waals surface area contributed by atoms with Gasteiger partial charge in [0, 0.05) is 19.3 Å². The number of carbonyl (C=O) groups excluding carboxylic acids is 2. The topological polar surface area (TPSA) is 85.5 Å². The summed E-state index contributed by atoms with van der Waals surface area (Å²) in [7, 11) is 0. The molecule has 2 amide bonds. The van der Waals surface area contributed by atoms with E-state index in [0.29, 0.717) is 43.7 Å². The average Bonchev–Trinajstić information content (AvgIpc) is 2.80. The number of piperidine rings is 1. The SMILES string of the molecule is NC(=O)[C@@]1(c2ccccn2)CCCN(C(=O)C2(Oc3ccccc3)CCCCC2)C1. The van der Waals surface area contributed by atoms with Gasteiger partial charge in [-0.25, -0.2) is 0 Å². The quantitative estimate of drug-likeness (QED) is 0.825. The lowest BCUT2D eigenvalue weighted by atomic mass is 9.75. The van der Waals surface area contributed by atoms with E-state index in [0.717, 1.165) is 19.3 Å². The summed E-state index contributed by atoms with van der Waals surface area (Å²) in [6, 6.07) is 15.0. The molecule has 1 aromatic heterocycles. The predicted octanol–water partition coefficient (Wildman–Crippen LogP) is 3.21. The first-order valence-electron chi connectivity index (χ1n) is 10.8. The van der Waals surface area contributed by atoms with E-state index in [1.807, 2.05) is 48.5 Å². The summed E-state index contributed by atoms with van der Waals surface area (Å²) < 4.78 is 6.37. The molecule has 1 saturated carbocycles. The number of benzene rings is 1. The molecule has 0 unspecified atom stereocenters. The first-order valence-corrected chi connectivity index (χ1v) is 10.8. The summed E-state index contributed by atoms with van der Waals surface area (Å²) in [5.74, 6) is 0.239. The second-order valence-electron chi connectivity index (χ2n) is 8.46. The van der Waals surface area contributed by atoms with Crippen molar-refractivity contribution < 1.29 is 14.3 Å². The number of nitrogens with two attached hydrogens (primary N) is 1. The van der Waals surface area contributed by atoms with Gasteiger partial charge in [-0.2, -0.15) is 0 Å². The van der Waals surface area contributed by atoms with Gasteiger partial charge < -0.3 is 15.4 Å². The minimum absolute atomic E-state index is 0.0349. The van der Waals surface area contributed by atoms with E-state index in [4.69, 9.17) is 10.5 Å². The average molecular weight is 408 g/mol. The highest BCUT2D eigenvalue weighted by Gasteiger charge is 2.50. The van der Waals surface area contributed by atoms with Gasteiger partial charge in [0.05, 0.1) is 5.69 Å². The number of para-hydroxylation sites is 1. The summed E-state index contributed by atoms with van der Waals surface area (Å²) in [4.78, 5) is 32.7. The molecule has 1 atom stereocenters. The lowest BCUT2D eigenvalue weighted by Crippen LogP contribution is -2.61. The molecule has 6 nitrogen and oxygen atoms in total. The fraction of sp³-hybridized carbons (Fsp3) is 0.458. The lowest BCUT2D eigenvalue weighted by molar-refractivity contribution is -0.154. The van der Waals surface area contributed by atoms with E-state index in [2.05, 4.69) is 4.98 Å². The Bertz CT molecular complexity index is 881. The van der Waals surface area contributed by atoms with Gasteiger partial charge in [-0.1, -0.05) is 30.7 Å². The fourth-order valence-electron chi connectivity index (χ4n) is 4.90. The van der Waals surface area contributed by atoms with Crippen LogP contribution in [0.25, 0.3) is 0 Å². The van der Waals surface area contributed by atoms with Crippen LogP contribution in [0.1, 0.15) is 50.6 Å². The second-order valence-corrected chi connectivity index (χ2v) is 8.46. The van der Waals surface area contributed by atoms with Crippen LogP contribution in [0, 0.1) is 0 Å². The number of carbonyl (C=O) groups is 2. The molecule has 158 valence electrons. The van der Waals surface area contributed by atoms with Crippen LogP contribution in [0.2, 0.25) is 0 Å². The molecule has 0 spiro atoms. The summed E-state index contributed by atoms with van der Waals surface area (Å²) >= 11 is 0. The van der Waals surface area contributed by atoms with Crippen molar-refractivity contribution in [2.45, 2.75) is 56.0 Å². The Labute approximate surface area is 177 Å². The monoisotopic (exact) mass is 407 g/mol. The Morgan fingerprint density at radius 3 is 2.33 bits per heavy atom. The van der Waals surface area contributed by atoms with E-state index in [1.54, 1.807) is 11.1 Å². The van der Waals surface area contributed by atoms with Gasteiger partial charge in [-0.15, -0.1) is 0 Å². The van der Waals surface area contributed by atoms with Crippen molar-refractivity contribution in [2.75, 3.05) is 13.1 Å². The van der Waals surface area contributed by atoms with Gasteiger partial charge in [0.2, 0.25) is 5.91 Å². The first kappa shape index (κ1) is 20.4. The van der Waals surface area contributed by atoms with Crippen molar-refractivity contribution >= 4 is 11.8 Å². The van der Waals surface area contributed by atoms with Crippen molar-refractivity contribution in [1.82, 2.24) is 9.88 Å². The van der Waals surface area contributed by atoms with Crippen molar-refractivity contribution in [3.8, 4) is 5.75 Å². The van der Waals surface area contributed by atoms with Gasteiger partial charge in [0.15, 0.2) is 5.60 Å². The second kappa shape index (κ2) is 8.46. The molecule has 2 aromatic rings. The van der Waals surface area contributed by atoms with Crippen molar-refractivity contribution in [3.63, 3.8) is 0 Å². The molecule has 1 aliphatic heterocycles. The largest absolute Gasteiger partial charge is 0.477 e. The molecule has 2 aliphatic rings. The fourth-order valence-corrected chi connectivity index (χ4v) is 4.90. The van der Waals surface area contributed by atoms with Gasteiger partial charge in [-0.3, -0.25) is 14.6 Å². The molecule has 30 heavy (non-hydrogen) atoms. The maximum atomic E-state index is 13.8. The van der Waals surface area contributed by atoms with Crippen molar-refractivity contribution in [3.05, 3.63) is 60.4 Å². The molecule has 6 heteroatoms. The molecule has 1 aliphatic carbocycles. The van der Waals surface area contributed by atoms with Crippen LogP contribution in [0.15, 0.2) is 54.7 Å². The number of nitrogens with zero attached hydrogens (tertiary/aromatic N) is 2. The Morgan fingerprint density at radius 2 is 1.67 bits per heavy atom. The van der Waals surface area contributed by atoms with E-state index in [1.165, 1.54) is 0 Å². The highest BCUT2D eigenvalue weighted by molar-refractivity contribution is 5.90. The standard InChI is InChI=1S/C24H29N3O3/c25-21(28)23(20-12-5-8-16-26-20)13-9-17-27(18-23)22(29)24(14-6-2-7-15-24)30-19-10-3-1-4-11-19/h1,3-5,8,10-12,16H,2,6-7,9,13-15,17-18H2,(H2,25,28)/t23-/m0/s1. The van der Waals surface area contributed by atoms with E-state index in [-0.39, 0.29) is 12.5 Å². The Kier molecular flexibility index (Phi) is 5.75. The molecular formula is C24H29N3O3. The third kappa shape index (κ3) is 3.78. The zero-order valence-corrected chi connectivity index (χ0v) is 17.3. The van der Waals surface area contributed by atoms with E-state index in [9.17, 15) is 9.59 Å². The van der Waals surface area contributed by atoms with Crippen LogP contribution in [0.5, 0.6) is 5.75 Å². The van der Waals surface area contributed by atoms with Crippen LogP contribution in [-0.4, -0.2) is 40.4 Å². The van der Waals surface area contributed by atoms with Crippen LogP contribution < -0.4 is 10.5 Å². The van der Waals surface area contributed by atoms with Gasteiger partial charge in [0.25, 0.3) is 5.91 Å². The lowest BCUT2D eigenvalue weighted by Gasteiger charge is -2.45. The molecule has 2 fully saturated rings. The molecule has 4 rings (SSSR count). The maximum Gasteiger partial charge on any atom is 0.266 e. The number of likely N-dealkylation sites (tertiary alicyclic amines) is 1. The molecule has 2 heterocycles. The van der Waals surface area contributed by atoms with Crippen LogP contribution in [-0.2, 0) is 15.0 Å². The number of hydrogen-bond donors (Lipinski definition) is 1. The summed E-state index contributed by atoms with van der Waals surface area (Å²) in [5, 5.41) is 0. The summed E-state index contributed by atoms with van der Waals surface area (Å²) in [5.41, 5.74) is 4.67. The van der Waals surface area contributed by atoms with Crippen molar-refractivity contribution in [2.24, 2.45) is 5.73 Å². The highest BCUT2D eigenvalue weighted by Crippen LogP contribution is 2.38. The number of aromatic nitrogens is 1. The molecule has 0 radical (unpaired) electrons. The van der Waals surface area contributed by atoms with E-state index >= 15 is 0 Å². The summed E-state index contributed by atoms with van der Waals surface area (Å²) in [6.07, 6.45) is 7.34. The Hall–Kier alpha value is -2.89. The zero-order valence-electron chi connectivity index (χ0n) is 17.3. The van der Waals surface area contributed by atoms with Gasteiger partial charge >= 0.3 is 0 Å². The molecule has 2 N–H and O–H groups in total. The number of pyridine rings is 1. The molecule has 1 aromatic carbocycles. The third-order valence-electron chi connectivity index (χ3n) is 6.51. The van der Waals surface area contributed by atoms with Gasteiger partial charge in [0.1, 0.15) is 11.2 Å². The van der Waals surface area contributed by atoms with E-state index < -0.39 is 16.9 Å². The number of ether oxygens (including phenoxy) is 1. The van der Waals surface area contributed by atoms with Gasteiger partial charge in [-0.05, 0) is 62.8 Å². The number of primary amides is 1. The Morgan fingerprint density at radius 1 is 0.933 bits per heavy atom. The summed E-state index contributed by atoms with van der Waals surface area (Å²) in [6.45, 7) is 0.846. The van der Waals surface area contributed by atoms with Crippen LogP contribution >= 0.6 is 0 Å². The number of hydrogen-bond acceptors (Lipinski definition) is 4. The normalized spacial score (nSPS) is 23.5. The zero-order chi connectivity index (χ0) is 21.0. The maximum absolute atomic E-state index is 13.8. The molecule has 1 saturated heterocycles. The first-order chi connectivity index (χ1) is 14.6. The molecular weight excluding hydrogens is 378 g/mol. The van der Waals surface area contributed by atoms with Crippen molar-refractivity contribution in [1.29, 1.82) is 0 Å². The number of rotatable bonds is 5. The van der Waals surface area contributed by atoms with Crippen LogP contribution in [0.3, 0.4) is 0 Å². The third-order valence-corrected chi connectivity index (χ3v) is 6.51. The predicted molar refractivity (Wildman–Crippen MR) is 114 cm³/mol. The minimum Gasteiger partial charge on any atom is -0.477 e. The number of amides is 2. The minimum atomic E-state index is -0.961. The Balaban J connectivity index is 1.64. The molecule has 0 bridgehead atoms. The smallest absolute Gasteiger partial charge is 0.266 e. The van der Waals surface area contributed by atoms with Crippen LogP contribution in [0.4, 0.5) is 0 Å². The highest BCUT2D eigenvalue weighted by atomic mass is 16.5.